The van der Waals surface area contributed by atoms with Crippen LogP contribution < -0.4 is 5.73 Å². The van der Waals surface area contributed by atoms with E-state index in [0.29, 0.717) is 6.54 Å². The smallest absolute Gasteiger partial charge is 0.276 e. The Balaban J connectivity index is 1.80. The second kappa shape index (κ2) is 5.75. The van der Waals surface area contributed by atoms with Crippen molar-refractivity contribution in [3.63, 3.8) is 0 Å². The number of anilines is 1. The highest BCUT2D eigenvalue weighted by Crippen LogP contribution is 2.22. The number of hydrogen-bond acceptors (Lipinski definition) is 5. The van der Waals surface area contributed by atoms with Crippen LogP contribution in [0.5, 0.6) is 0 Å². The molecule has 0 bridgehead atoms. The first-order chi connectivity index (χ1) is 10.6. The summed E-state index contributed by atoms with van der Waals surface area (Å²) in [7, 11) is 0. The van der Waals surface area contributed by atoms with Crippen LogP contribution in [0.3, 0.4) is 0 Å². The third-order valence-electron chi connectivity index (χ3n) is 4.05. The molecule has 2 aromatic heterocycles. The largest absolute Gasteiger partial charge is 0.382 e. The lowest BCUT2D eigenvalue weighted by atomic mass is 10.2. The normalized spacial score (nSPS) is 17.9. The monoisotopic (exact) mass is 300 g/mol. The van der Waals surface area contributed by atoms with Gasteiger partial charge in [-0.15, -0.1) is 0 Å². The second-order valence-electron chi connectivity index (χ2n) is 5.69. The summed E-state index contributed by atoms with van der Waals surface area (Å²) in [6, 6.07) is 2.16. The minimum atomic E-state index is -0.144. The van der Waals surface area contributed by atoms with E-state index >= 15 is 0 Å². The van der Waals surface area contributed by atoms with Gasteiger partial charge >= 0.3 is 0 Å². The number of rotatable bonds is 3. The molecule has 1 fully saturated rings. The summed E-state index contributed by atoms with van der Waals surface area (Å²) < 4.78 is 1.96. The molecule has 7 nitrogen and oxygen atoms in total. The van der Waals surface area contributed by atoms with Crippen LogP contribution in [-0.2, 0) is 6.54 Å². The first-order valence-electron chi connectivity index (χ1n) is 7.45. The third kappa shape index (κ3) is 2.66. The van der Waals surface area contributed by atoms with Crippen LogP contribution >= 0.6 is 0 Å². The van der Waals surface area contributed by atoms with Crippen molar-refractivity contribution in [3.8, 4) is 0 Å². The number of aromatic nitrogens is 4. The molecule has 1 saturated heterocycles. The maximum atomic E-state index is 12.7. The van der Waals surface area contributed by atoms with E-state index in [9.17, 15) is 4.79 Å². The zero-order chi connectivity index (χ0) is 15.7. The van der Waals surface area contributed by atoms with Crippen LogP contribution in [0.4, 0.5) is 5.82 Å². The van der Waals surface area contributed by atoms with Gasteiger partial charge in [0, 0.05) is 24.6 Å². The molecule has 0 radical (unpaired) electrons. The van der Waals surface area contributed by atoms with Gasteiger partial charge in [0.05, 0.1) is 18.3 Å². The number of likely N-dealkylation sites (tertiary alicyclic amines) is 1. The molecule has 2 aromatic rings. The molecule has 1 aliphatic heterocycles. The van der Waals surface area contributed by atoms with Gasteiger partial charge in [0.25, 0.3) is 5.91 Å². The molecule has 1 atom stereocenters. The quantitative estimate of drug-likeness (QED) is 0.919. The maximum Gasteiger partial charge on any atom is 0.276 e. The van der Waals surface area contributed by atoms with Gasteiger partial charge in [-0.1, -0.05) is 0 Å². The van der Waals surface area contributed by atoms with Crippen LogP contribution in [0.1, 0.15) is 34.7 Å². The van der Waals surface area contributed by atoms with E-state index in [-0.39, 0.29) is 23.5 Å². The van der Waals surface area contributed by atoms with Crippen molar-refractivity contribution in [1.29, 1.82) is 0 Å². The van der Waals surface area contributed by atoms with Gasteiger partial charge in [0.15, 0.2) is 11.5 Å². The van der Waals surface area contributed by atoms with Gasteiger partial charge in [-0.25, -0.2) is 9.97 Å². The number of carbonyl (C=O) groups is 1. The van der Waals surface area contributed by atoms with Gasteiger partial charge in [-0.3, -0.25) is 9.48 Å². The molecule has 7 heteroatoms. The summed E-state index contributed by atoms with van der Waals surface area (Å²) in [5.41, 5.74) is 8.11. The van der Waals surface area contributed by atoms with E-state index < -0.39 is 0 Å². The SMILES string of the molecule is Cc1cc(C)n(C[C@H]2CCCN2C(=O)c2nccnc2N)n1. The number of aryl methyl sites for hydroxylation is 2. The van der Waals surface area contributed by atoms with Gasteiger partial charge in [0.1, 0.15) is 0 Å². The van der Waals surface area contributed by atoms with Crippen molar-refractivity contribution < 1.29 is 4.79 Å². The lowest BCUT2D eigenvalue weighted by molar-refractivity contribution is 0.0716. The zero-order valence-electron chi connectivity index (χ0n) is 12.9. The van der Waals surface area contributed by atoms with Gasteiger partial charge in [0.2, 0.25) is 0 Å². The maximum absolute atomic E-state index is 12.7. The van der Waals surface area contributed by atoms with Crippen LogP contribution in [0.2, 0.25) is 0 Å². The minimum Gasteiger partial charge on any atom is -0.382 e. The Bertz CT molecular complexity index is 695. The van der Waals surface area contributed by atoms with E-state index in [4.69, 9.17) is 5.73 Å². The molecule has 2 N–H and O–H groups in total. The zero-order valence-corrected chi connectivity index (χ0v) is 12.9. The molecule has 0 unspecified atom stereocenters. The molecule has 0 aromatic carbocycles. The Hall–Kier alpha value is -2.44. The lowest BCUT2D eigenvalue weighted by Crippen LogP contribution is -2.39. The van der Waals surface area contributed by atoms with Crippen LogP contribution in [0.15, 0.2) is 18.5 Å². The Morgan fingerprint density at radius 3 is 2.82 bits per heavy atom. The highest BCUT2D eigenvalue weighted by atomic mass is 16.2. The van der Waals surface area contributed by atoms with Crippen LogP contribution in [0.25, 0.3) is 0 Å². The average Bonchev–Trinajstić information content (AvgIpc) is 3.06. The molecule has 0 spiro atoms. The molecular weight excluding hydrogens is 280 g/mol. The summed E-state index contributed by atoms with van der Waals surface area (Å²) in [6.07, 6.45) is 4.93. The summed E-state index contributed by atoms with van der Waals surface area (Å²) >= 11 is 0. The molecule has 0 saturated carbocycles. The van der Waals surface area contributed by atoms with E-state index in [1.165, 1.54) is 12.4 Å². The predicted octanol–water partition coefficient (Wildman–Crippen LogP) is 1.18. The summed E-state index contributed by atoms with van der Waals surface area (Å²) in [4.78, 5) is 22.5. The predicted molar refractivity (Wildman–Crippen MR) is 82.2 cm³/mol. The van der Waals surface area contributed by atoms with E-state index in [1.54, 1.807) is 0 Å². The number of amides is 1. The fourth-order valence-corrected chi connectivity index (χ4v) is 3.00. The Morgan fingerprint density at radius 2 is 2.14 bits per heavy atom. The first kappa shape index (κ1) is 14.5. The van der Waals surface area contributed by atoms with Gasteiger partial charge in [-0.2, -0.15) is 5.10 Å². The van der Waals surface area contributed by atoms with Gasteiger partial charge in [-0.05, 0) is 32.8 Å². The van der Waals surface area contributed by atoms with Crippen molar-refractivity contribution in [1.82, 2.24) is 24.6 Å². The van der Waals surface area contributed by atoms with Crippen LogP contribution in [-0.4, -0.2) is 43.1 Å². The number of carbonyl (C=O) groups excluding carboxylic acids is 1. The van der Waals surface area contributed by atoms with E-state index in [1.807, 2.05) is 29.5 Å². The standard InChI is InChI=1S/C15H20N6O/c1-10-8-11(2)21(19-10)9-12-4-3-7-20(12)15(22)13-14(16)18-6-5-17-13/h5-6,8,12H,3-4,7,9H2,1-2H3,(H2,16,18)/t12-/m1/s1. The Kier molecular flexibility index (Phi) is 3.79. The second-order valence-corrected chi connectivity index (χ2v) is 5.69. The summed E-state index contributed by atoms with van der Waals surface area (Å²) in [6.45, 7) is 5.42. The Labute approximate surface area is 129 Å². The fraction of sp³-hybridized carbons (Fsp3) is 0.467. The van der Waals surface area contributed by atoms with Crippen molar-refractivity contribution in [2.24, 2.45) is 0 Å². The Morgan fingerprint density at radius 1 is 1.36 bits per heavy atom. The molecular formula is C15H20N6O. The van der Waals surface area contributed by atoms with Crippen LogP contribution in [0, 0.1) is 13.8 Å². The summed E-state index contributed by atoms with van der Waals surface area (Å²) in [5, 5.41) is 4.48. The van der Waals surface area contributed by atoms with Crippen molar-refractivity contribution in [2.45, 2.75) is 39.3 Å². The van der Waals surface area contributed by atoms with E-state index in [0.717, 1.165) is 30.8 Å². The topological polar surface area (TPSA) is 89.9 Å². The number of nitrogen functional groups attached to an aromatic ring is 1. The molecule has 116 valence electrons. The number of hydrogen-bond donors (Lipinski definition) is 1. The number of nitrogens with two attached hydrogens (primary N) is 1. The van der Waals surface area contributed by atoms with Gasteiger partial charge < -0.3 is 10.6 Å². The van der Waals surface area contributed by atoms with Crippen molar-refractivity contribution >= 4 is 11.7 Å². The number of nitrogens with zero attached hydrogens (tertiary/aromatic N) is 5. The molecule has 22 heavy (non-hydrogen) atoms. The molecule has 1 amide bonds. The molecule has 1 aliphatic rings. The van der Waals surface area contributed by atoms with Crippen molar-refractivity contribution in [2.75, 3.05) is 12.3 Å². The first-order valence-corrected chi connectivity index (χ1v) is 7.45. The lowest BCUT2D eigenvalue weighted by Gasteiger charge is -2.25. The fourth-order valence-electron chi connectivity index (χ4n) is 3.00. The highest BCUT2D eigenvalue weighted by molar-refractivity contribution is 5.96. The average molecular weight is 300 g/mol. The van der Waals surface area contributed by atoms with E-state index in [2.05, 4.69) is 15.1 Å². The highest BCUT2D eigenvalue weighted by Gasteiger charge is 2.31. The molecule has 3 rings (SSSR count). The van der Waals surface area contributed by atoms with Crippen molar-refractivity contribution in [3.05, 3.63) is 35.5 Å². The minimum absolute atomic E-state index is 0.118. The molecule has 3 heterocycles. The molecule has 0 aliphatic carbocycles. The summed E-state index contributed by atoms with van der Waals surface area (Å²) in [5.74, 6) is 0.0406. The third-order valence-corrected chi connectivity index (χ3v) is 4.05.